The summed E-state index contributed by atoms with van der Waals surface area (Å²) >= 11 is 0. The topological polar surface area (TPSA) is 59.5 Å². The van der Waals surface area contributed by atoms with Crippen LogP contribution in [0.25, 0.3) is 55.1 Å². The first-order valence-corrected chi connectivity index (χ1v) is 17.2. The first-order valence-electron chi connectivity index (χ1n) is 17.2. The first kappa shape index (κ1) is 29.2. The zero-order chi connectivity index (χ0) is 33.9. The molecule has 0 fully saturated rings. The van der Waals surface area contributed by atoms with Gasteiger partial charge in [0.05, 0.1) is 22.1 Å². The maximum Gasteiger partial charge on any atom is 0.161 e. The van der Waals surface area contributed by atoms with Crippen LogP contribution in [0.3, 0.4) is 0 Å². The molecule has 9 aromatic rings. The van der Waals surface area contributed by atoms with Gasteiger partial charge in [0.25, 0.3) is 0 Å². The minimum Gasteiger partial charge on any atom is -0.342 e. The number of pyridine rings is 1. The van der Waals surface area contributed by atoms with E-state index < -0.39 is 5.66 Å². The number of fused-ring (bicyclic) bond motifs is 7. The highest BCUT2D eigenvalue weighted by molar-refractivity contribution is 6.23. The number of nitrogens with one attached hydrogen (secondary N) is 1. The quantitative estimate of drug-likeness (QED) is 0.201. The molecular formula is C45H32N6. The summed E-state index contributed by atoms with van der Waals surface area (Å²) in [7, 11) is 0. The van der Waals surface area contributed by atoms with Crippen molar-refractivity contribution in [2.24, 2.45) is 9.98 Å². The standard InChI is InChI=1S/C45H32N6/c1-45(32-17-7-3-8-18-32)48-43(30-15-5-2-6-16-30)47-44(49-45)31-25-28-40(46-29-31)51-39-24-14-12-22-35(39)37-27-26-36-34-21-11-13-23-38(34)50(41(36)42(37)51)33-19-9-4-10-20-33/h2-29H,1H3,(H,47,48,49). The van der Waals surface area contributed by atoms with Crippen molar-refractivity contribution in [2.75, 3.05) is 0 Å². The van der Waals surface area contributed by atoms with Crippen molar-refractivity contribution in [3.63, 3.8) is 0 Å². The van der Waals surface area contributed by atoms with E-state index in [9.17, 15) is 0 Å². The maximum absolute atomic E-state index is 5.20. The normalized spacial score (nSPS) is 16.0. The van der Waals surface area contributed by atoms with Crippen LogP contribution in [0.1, 0.15) is 23.6 Å². The molecule has 3 aromatic heterocycles. The summed E-state index contributed by atoms with van der Waals surface area (Å²) in [4.78, 5) is 15.4. The van der Waals surface area contributed by atoms with Crippen LogP contribution in [0, 0.1) is 0 Å². The molecule has 0 saturated carbocycles. The van der Waals surface area contributed by atoms with Gasteiger partial charge < -0.3 is 9.88 Å². The molecule has 1 N–H and O–H groups in total. The summed E-state index contributed by atoms with van der Waals surface area (Å²) in [6.07, 6.45) is 1.91. The Morgan fingerprint density at radius 1 is 0.510 bits per heavy atom. The summed E-state index contributed by atoms with van der Waals surface area (Å²) in [5, 5.41) is 8.41. The van der Waals surface area contributed by atoms with Gasteiger partial charge in [-0.1, -0.05) is 127 Å². The second kappa shape index (κ2) is 11.4. The average molecular weight is 657 g/mol. The number of hydrogen-bond donors (Lipinski definition) is 1. The van der Waals surface area contributed by atoms with E-state index in [1.165, 1.54) is 27.1 Å². The molecule has 242 valence electrons. The van der Waals surface area contributed by atoms with E-state index >= 15 is 0 Å². The predicted molar refractivity (Wildman–Crippen MR) is 209 cm³/mol. The average Bonchev–Trinajstić information content (AvgIpc) is 3.72. The van der Waals surface area contributed by atoms with Crippen molar-refractivity contribution in [3.05, 3.63) is 187 Å². The summed E-state index contributed by atoms with van der Waals surface area (Å²) < 4.78 is 4.71. The highest BCUT2D eigenvalue weighted by Gasteiger charge is 2.32. The lowest BCUT2D eigenvalue weighted by Gasteiger charge is -2.33. The third kappa shape index (κ3) is 4.61. The Labute approximate surface area is 294 Å². The van der Waals surface area contributed by atoms with Gasteiger partial charge in [0, 0.05) is 44.6 Å². The second-order valence-corrected chi connectivity index (χ2v) is 13.1. The lowest BCUT2D eigenvalue weighted by atomic mass is 9.99. The van der Waals surface area contributed by atoms with Crippen LogP contribution in [-0.4, -0.2) is 25.8 Å². The number of hydrogen-bond acceptors (Lipinski definition) is 4. The number of para-hydroxylation sites is 3. The number of aliphatic imine (C=N–C) groups is 2. The van der Waals surface area contributed by atoms with Gasteiger partial charge in [-0.05, 0) is 48.9 Å². The van der Waals surface area contributed by atoms with E-state index in [0.29, 0.717) is 5.84 Å². The summed E-state index contributed by atoms with van der Waals surface area (Å²) in [6.45, 7) is 2.09. The predicted octanol–water partition coefficient (Wildman–Crippen LogP) is 9.95. The maximum atomic E-state index is 5.20. The van der Waals surface area contributed by atoms with E-state index in [4.69, 9.17) is 15.0 Å². The molecule has 1 atom stereocenters. The Bertz CT molecular complexity index is 2810. The Kier molecular flexibility index (Phi) is 6.51. The number of rotatable bonds is 5. The summed E-state index contributed by atoms with van der Waals surface area (Å²) in [5.41, 5.74) is 7.85. The van der Waals surface area contributed by atoms with E-state index in [0.717, 1.165) is 50.6 Å². The Morgan fingerprint density at radius 3 is 1.73 bits per heavy atom. The Morgan fingerprint density at radius 2 is 1.08 bits per heavy atom. The highest BCUT2D eigenvalue weighted by atomic mass is 15.2. The van der Waals surface area contributed by atoms with Crippen LogP contribution in [0.4, 0.5) is 0 Å². The molecule has 51 heavy (non-hydrogen) atoms. The smallest absolute Gasteiger partial charge is 0.161 e. The molecule has 0 spiro atoms. The van der Waals surface area contributed by atoms with Crippen LogP contribution in [0.5, 0.6) is 0 Å². The van der Waals surface area contributed by atoms with Crippen molar-refractivity contribution in [3.8, 4) is 11.5 Å². The van der Waals surface area contributed by atoms with E-state index in [1.807, 2.05) is 42.6 Å². The van der Waals surface area contributed by atoms with E-state index in [2.05, 4.69) is 149 Å². The molecule has 6 heteroatoms. The van der Waals surface area contributed by atoms with Crippen LogP contribution >= 0.6 is 0 Å². The number of nitrogens with zero attached hydrogens (tertiary/aromatic N) is 5. The van der Waals surface area contributed by atoms with Crippen molar-refractivity contribution in [2.45, 2.75) is 12.6 Å². The molecule has 6 aromatic carbocycles. The number of aromatic nitrogens is 3. The van der Waals surface area contributed by atoms with Gasteiger partial charge >= 0.3 is 0 Å². The van der Waals surface area contributed by atoms with Crippen molar-refractivity contribution < 1.29 is 0 Å². The van der Waals surface area contributed by atoms with Gasteiger partial charge in [-0.2, -0.15) is 0 Å². The van der Waals surface area contributed by atoms with Crippen LogP contribution in [0.15, 0.2) is 180 Å². The summed E-state index contributed by atoms with van der Waals surface area (Å²) in [6, 6.07) is 57.1. The highest BCUT2D eigenvalue weighted by Crippen LogP contribution is 2.41. The van der Waals surface area contributed by atoms with Crippen molar-refractivity contribution in [1.29, 1.82) is 0 Å². The fourth-order valence-corrected chi connectivity index (χ4v) is 7.62. The molecule has 4 heterocycles. The van der Waals surface area contributed by atoms with E-state index in [1.54, 1.807) is 0 Å². The minimum atomic E-state index is -0.717. The molecule has 1 aliphatic rings. The molecule has 0 bridgehead atoms. The largest absolute Gasteiger partial charge is 0.342 e. The molecule has 0 saturated heterocycles. The monoisotopic (exact) mass is 656 g/mol. The molecule has 0 amide bonds. The fraction of sp³-hybridized carbons (Fsp3) is 0.0444. The van der Waals surface area contributed by atoms with Crippen molar-refractivity contribution in [1.82, 2.24) is 19.4 Å². The zero-order valence-corrected chi connectivity index (χ0v) is 27.9. The molecule has 6 nitrogen and oxygen atoms in total. The van der Waals surface area contributed by atoms with Gasteiger partial charge in [-0.3, -0.25) is 4.57 Å². The van der Waals surface area contributed by atoms with Crippen LogP contribution in [-0.2, 0) is 5.66 Å². The Balaban J connectivity index is 1.20. The minimum absolute atomic E-state index is 0.631. The second-order valence-electron chi connectivity index (χ2n) is 13.1. The summed E-state index contributed by atoms with van der Waals surface area (Å²) in [5.74, 6) is 2.23. The Hall–Kier alpha value is -6.79. The van der Waals surface area contributed by atoms with Crippen LogP contribution in [0.2, 0.25) is 0 Å². The number of benzene rings is 6. The molecule has 10 rings (SSSR count). The molecule has 1 unspecified atom stereocenters. The fourth-order valence-electron chi connectivity index (χ4n) is 7.62. The lowest BCUT2D eigenvalue weighted by Crippen LogP contribution is -2.46. The molecular weight excluding hydrogens is 625 g/mol. The molecule has 0 radical (unpaired) electrons. The molecule has 0 aliphatic carbocycles. The number of amidine groups is 2. The zero-order valence-electron chi connectivity index (χ0n) is 27.9. The third-order valence-corrected chi connectivity index (χ3v) is 10.0. The van der Waals surface area contributed by atoms with Gasteiger partial charge in [0.1, 0.15) is 11.7 Å². The van der Waals surface area contributed by atoms with Crippen LogP contribution < -0.4 is 5.32 Å². The SMILES string of the molecule is CC1(c2ccccc2)N=C(c2ccc(-n3c4ccccc4c4ccc5c6ccccc6n(-c6ccccc6)c5c43)nc2)N=C(c2ccccc2)N1. The van der Waals surface area contributed by atoms with Gasteiger partial charge in [0.2, 0.25) is 0 Å². The van der Waals surface area contributed by atoms with Crippen molar-refractivity contribution >= 4 is 55.3 Å². The van der Waals surface area contributed by atoms with Gasteiger partial charge in [0.15, 0.2) is 11.5 Å². The molecule has 1 aliphatic heterocycles. The van der Waals surface area contributed by atoms with Gasteiger partial charge in [-0.25, -0.2) is 15.0 Å². The van der Waals surface area contributed by atoms with E-state index in [-0.39, 0.29) is 0 Å². The lowest BCUT2D eigenvalue weighted by molar-refractivity contribution is 0.455. The first-order chi connectivity index (χ1) is 25.2. The third-order valence-electron chi connectivity index (χ3n) is 10.0. The van der Waals surface area contributed by atoms with Gasteiger partial charge in [-0.15, -0.1) is 0 Å².